The Morgan fingerprint density at radius 1 is 1.58 bits per heavy atom. The van der Waals surface area contributed by atoms with Gasteiger partial charge >= 0.3 is 0 Å². The maximum atomic E-state index is 4.03. The zero-order chi connectivity index (χ0) is 8.39. The van der Waals surface area contributed by atoms with Gasteiger partial charge in [-0.05, 0) is 19.4 Å². The van der Waals surface area contributed by atoms with Crippen LogP contribution in [0.4, 0.5) is 0 Å². The van der Waals surface area contributed by atoms with Gasteiger partial charge in [-0.2, -0.15) is 0 Å². The Morgan fingerprint density at radius 2 is 2.50 bits per heavy atom. The van der Waals surface area contributed by atoms with Crippen molar-refractivity contribution in [3.05, 3.63) is 41.7 Å². The number of aliphatic imine (C=N–C) groups is 1. The van der Waals surface area contributed by atoms with E-state index in [2.05, 4.69) is 23.8 Å². The maximum absolute atomic E-state index is 4.03. The van der Waals surface area contributed by atoms with Gasteiger partial charge in [-0.15, -0.1) is 0 Å². The first kappa shape index (κ1) is 7.14. The lowest BCUT2D eigenvalue weighted by Crippen LogP contribution is -2.11. The van der Waals surface area contributed by atoms with Gasteiger partial charge in [0, 0.05) is 18.6 Å². The second-order valence-electron chi connectivity index (χ2n) is 2.90. The lowest BCUT2D eigenvalue weighted by Gasteiger charge is -2.16. The smallest absolute Gasteiger partial charge is 0.106 e. The van der Waals surface area contributed by atoms with E-state index in [1.165, 1.54) is 5.57 Å². The van der Waals surface area contributed by atoms with Crippen molar-refractivity contribution in [3.63, 3.8) is 0 Å². The molecule has 0 aromatic rings. The van der Waals surface area contributed by atoms with Crippen LogP contribution in [0.5, 0.6) is 0 Å². The molecule has 0 unspecified atom stereocenters. The standard InChI is InChI=1S/C10H10N2/c1-9-3-2-4-10-7-11-5-6-12(10)8-9/h2,5-8H,3H2,1H3. The van der Waals surface area contributed by atoms with Crippen molar-refractivity contribution in [1.29, 1.82) is 0 Å². The number of allylic oxidation sites excluding steroid dienone is 2. The van der Waals surface area contributed by atoms with Crippen LogP contribution in [-0.4, -0.2) is 11.1 Å². The third kappa shape index (κ3) is 1.25. The van der Waals surface area contributed by atoms with Crippen molar-refractivity contribution < 1.29 is 0 Å². The van der Waals surface area contributed by atoms with Crippen molar-refractivity contribution in [1.82, 2.24) is 4.90 Å². The van der Waals surface area contributed by atoms with Crippen LogP contribution >= 0.6 is 0 Å². The van der Waals surface area contributed by atoms with Crippen molar-refractivity contribution >= 4 is 6.21 Å². The summed E-state index contributed by atoms with van der Waals surface area (Å²) in [4.78, 5) is 6.07. The molecule has 0 amide bonds. The van der Waals surface area contributed by atoms with Crippen LogP contribution < -0.4 is 0 Å². The van der Waals surface area contributed by atoms with Gasteiger partial charge in [0.1, 0.15) is 5.70 Å². The Hall–Kier alpha value is -1.53. The third-order valence-corrected chi connectivity index (χ3v) is 1.82. The Bertz CT molecular complexity index is 339. The van der Waals surface area contributed by atoms with Crippen LogP contribution in [0.3, 0.4) is 0 Å². The molecule has 0 radical (unpaired) electrons. The van der Waals surface area contributed by atoms with Crippen molar-refractivity contribution in [2.24, 2.45) is 4.99 Å². The number of fused-ring (bicyclic) bond motifs is 1. The van der Waals surface area contributed by atoms with Gasteiger partial charge in [-0.1, -0.05) is 11.3 Å². The van der Waals surface area contributed by atoms with E-state index in [9.17, 15) is 0 Å². The molecule has 0 atom stereocenters. The van der Waals surface area contributed by atoms with E-state index in [0.717, 1.165) is 12.1 Å². The van der Waals surface area contributed by atoms with Crippen molar-refractivity contribution in [3.8, 4) is 0 Å². The molecule has 2 heterocycles. The highest BCUT2D eigenvalue weighted by atomic mass is 15.1. The second-order valence-corrected chi connectivity index (χ2v) is 2.90. The Kier molecular flexibility index (Phi) is 1.69. The molecule has 2 rings (SSSR count). The molecule has 0 aromatic heterocycles. The minimum absolute atomic E-state index is 0.974. The molecule has 2 nitrogen and oxygen atoms in total. The zero-order valence-corrected chi connectivity index (χ0v) is 6.99. The predicted molar refractivity (Wildman–Crippen MR) is 49.4 cm³/mol. The highest BCUT2D eigenvalue weighted by Crippen LogP contribution is 2.14. The fourth-order valence-corrected chi connectivity index (χ4v) is 1.20. The highest BCUT2D eigenvalue weighted by Gasteiger charge is 2.05. The summed E-state index contributed by atoms with van der Waals surface area (Å²) in [6.45, 7) is 2.11. The number of hydrogen-bond acceptors (Lipinski definition) is 2. The lowest BCUT2D eigenvalue weighted by molar-refractivity contribution is 0.653. The van der Waals surface area contributed by atoms with E-state index in [-0.39, 0.29) is 0 Å². The normalized spacial score (nSPS) is 19.9. The molecule has 0 saturated carbocycles. The van der Waals surface area contributed by atoms with Crippen molar-refractivity contribution in [2.45, 2.75) is 13.3 Å². The van der Waals surface area contributed by atoms with Crippen LogP contribution in [-0.2, 0) is 0 Å². The fourth-order valence-electron chi connectivity index (χ4n) is 1.20. The molecule has 60 valence electrons. The summed E-state index contributed by atoms with van der Waals surface area (Å²) in [5.41, 5.74) is 5.52. The van der Waals surface area contributed by atoms with Crippen LogP contribution in [0.25, 0.3) is 0 Å². The Balaban J connectivity index is 2.43. The summed E-state index contributed by atoms with van der Waals surface area (Å²) in [6, 6.07) is 0. The molecule has 0 aromatic carbocycles. The van der Waals surface area contributed by atoms with Gasteiger partial charge in [0.05, 0.1) is 6.21 Å². The van der Waals surface area contributed by atoms with Gasteiger partial charge in [0.2, 0.25) is 0 Å². The minimum Gasteiger partial charge on any atom is -0.315 e. The molecule has 2 heteroatoms. The first-order chi connectivity index (χ1) is 5.86. The van der Waals surface area contributed by atoms with Crippen LogP contribution in [0, 0.1) is 0 Å². The molecular weight excluding hydrogens is 148 g/mol. The van der Waals surface area contributed by atoms with E-state index in [0.29, 0.717) is 0 Å². The molecule has 0 bridgehead atoms. The summed E-state index contributed by atoms with van der Waals surface area (Å²) in [5, 5.41) is 0. The van der Waals surface area contributed by atoms with E-state index >= 15 is 0 Å². The van der Waals surface area contributed by atoms with E-state index < -0.39 is 0 Å². The monoisotopic (exact) mass is 158 g/mol. The van der Waals surface area contributed by atoms with Gasteiger partial charge in [-0.3, -0.25) is 4.99 Å². The molecule has 0 spiro atoms. The maximum Gasteiger partial charge on any atom is 0.106 e. The summed E-state index contributed by atoms with van der Waals surface area (Å²) < 4.78 is 0. The summed E-state index contributed by atoms with van der Waals surface area (Å²) in [6.07, 6.45) is 10.6. The minimum atomic E-state index is 0.974. The molecule has 0 aliphatic carbocycles. The van der Waals surface area contributed by atoms with Gasteiger partial charge in [0.25, 0.3) is 0 Å². The number of rotatable bonds is 0. The van der Waals surface area contributed by atoms with E-state index in [4.69, 9.17) is 0 Å². The molecule has 2 aliphatic heterocycles. The summed E-state index contributed by atoms with van der Waals surface area (Å²) >= 11 is 0. The molecule has 0 N–H and O–H groups in total. The molecule has 0 fully saturated rings. The fraction of sp³-hybridized carbons (Fsp3) is 0.200. The Labute approximate surface area is 71.9 Å². The molecular formula is C10H10N2. The second kappa shape index (κ2) is 2.84. The number of hydrogen-bond donors (Lipinski definition) is 0. The van der Waals surface area contributed by atoms with Crippen LogP contribution in [0.1, 0.15) is 13.3 Å². The van der Waals surface area contributed by atoms with Gasteiger partial charge in [0.15, 0.2) is 0 Å². The van der Waals surface area contributed by atoms with Crippen molar-refractivity contribution in [2.75, 3.05) is 0 Å². The molecule has 2 aliphatic rings. The quantitative estimate of drug-likeness (QED) is 0.493. The zero-order valence-electron chi connectivity index (χ0n) is 6.99. The average Bonchev–Trinajstić information content (AvgIpc) is 2.25. The lowest BCUT2D eigenvalue weighted by atomic mass is 10.2. The topological polar surface area (TPSA) is 15.6 Å². The van der Waals surface area contributed by atoms with Crippen LogP contribution in [0.2, 0.25) is 0 Å². The third-order valence-electron chi connectivity index (χ3n) is 1.82. The summed E-state index contributed by atoms with van der Waals surface area (Å²) in [7, 11) is 0. The average molecular weight is 158 g/mol. The predicted octanol–water partition coefficient (Wildman–Crippen LogP) is 2.19. The Morgan fingerprint density at radius 3 is 3.42 bits per heavy atom. The van der Waals surface area contributed by atoms with Crippen LogP contribution in [0.15, 0.2) is 46.7 Å². The molecule has 0 saturated heterocycles. The highest BCUT2D eigenvalue weighted by molar-refractivity contribution is 5.79. The molecule has 12 heavy (non-hydrogen) atoms. The van der Waals surface area contributed by atoms with E-state index in [1.54, 1.807) is 6.20 Å². The van der Waals surface area contributed by atoms with Gasteiger partial charge < -0.3 is 4.90 Å². The number of nitrogens with zero attached hydrogens (tertiary/aromatic N) is 2. The largest absolute Gasteiger partial charge is 0.315 e. The first-order valence-electron chi connectivity index (χ1n) is 3.97. The summed E-state index contributed by atoms with van der Waals surface area (Å²) in [5.74, 6) is 0. The first-order valence-corrected chi connectivity index (χ1v) is 3.97. The van der Waals surface area contributed by atoms with E-state index in [1.807, 2.05) is 23.4 Å². The van der Waals surface area contributed by atoms with Gasteiger partial charge in [-0.25, -0.2) is 0 Å². The SMILES string of the molecule is CC1=CN2C=CN=CC2=C=CC1.